The molecule has 0 N–H and O–H groups in total. The maximum Gasteiger partial charge on any atom is 0.289 e. The highest BCUT2D eigenvalue weighted by molar-refractivity contribution is 5.91. The number of hydrogen-bond acceptors (Lipinski definition) is 5. The molecule has 1 saturated heterocycles. The fraction of sp³-hybridized carbons (Fsp3) is 0.667. The molecular formula is C18H23N5O2. The van der Waals surface area contributed by atoms with E-state index in [0.29, 0.717) is 24.2 Å². The average Bonchev–Trinajstić information content (AvgIpc) is 3.04. The van der Waals surface area contributed by atoms with Gasteiger partial charge in [-0.3, -0.25) is 4.79 Å². The molecule has 0 aromatic carbocycles. The SMILES string of the molecule is CCn1ccnc1C(=O)N1C[C@@H]2CCC[C@]2(c2nnc(C3CC3)o2)C1. The standard InChI is InChI=1S/C18H23N5O2/c1-2-22-9-8-19-14(22)16(24)23-10-13-4-3-7-18(13,11-23)17-21-20-15(25-17)12-5-6-12/h8-9,12-13H,2-7,10-11H2,1H3/t13-,18-/m0/s1. The van der Waals surface area contributed by atoms with Gasteiger partial charge in [-0.25, -0.2) is 4.98 Å². The molecule has 7 heteroatoms. The topological polar surface area (TPSA) is 77.1 Å². The van der Waals surface area contributed by atoms with Gasteiger partial charge in [-0.15, -0.1) is 10.2 Å². The lowest BCUT2D eigenvalue weighted by Gasteiger charge is -2.24. The van der Waals surface area contributed by atoms with Crippen LogP contribution in [0.5, 0.6) is 0 Å². The highest BCUT2D eigenvalue weighted by Gasteiger charge is 2.55. The Morgan fingerprint density at radius 1 is 1.36 bits per heavy atom. The maximum absolute atomic E-state index is 13.0. The van der Waals surface area contributed by atoms with Crippen LogP contribution >= 0.6 is 0 Å². The number of fused-ring (bicyclic) bond motifs is 1. The monoisotopic (exact) mass is 341 g/mol. The van der Waals surface area contributed by atoms with E-state index < -0.39 is 0 Å². The van der Waals surface area contributed by atoms with Crippen LogP contribution in [0.2, 0.25) is 0 Å². The number of carbonyl (C=O) groups excluding carboxylic acids is 1. The number of amides is 1. The van der Waals surface area contributed by atoms with Gasteiger partial charge in [0.2, 0.25) is 11.8 Å². The van der Waals surface area contributed by atoms with Gasteiger partial charge in [0.05, 0.1) is 5.41 Å². The lowest BCUT2D eigenvalue weighted by molar-refractivity contribution is 0.0758. The van der Waals surface area contributed by atoms with Gasteiger partial charge in [-0.2, -0.15) is 0 Å². The van der Waals surface area contributed by atoms with E-state index in [1.54, 1.807) is 6.20 Å². The summed E-state index contributed by atoms with van der Waals surface area (Å²) in [7, 11) is 0. The lowest BCUT2D eigenvalue weighted by atomic mass is 9.80. The summed E-state index contributed by atoms with van der Waals surface area (Å²) in [4.78, 5) is 19.2. The minimum atomic E-state index is -0.153. The summed E-state index contributed by atoms with van der Waals surface area (Å²) < 4.78 is 7.98. The lowest BCUT2D eigenvalue weighted by Crippen LogP contribution is -2.36. The van der Waals surface area contributed by atoms with Crippen LogP contribution in [0, 0.1) is 5.92 Å². The Morgan fingerprint density at radius 2 is 2.24 bits per heavy atom. The zero-order valence-electron chi connectivity index (χ0n) is 14.5. The largest absolute Gasteiger partial charge is 0.424 e. The van der Waals surface area contributed by atoms with E-state index in [-0.39, 0.29) is 11.3 Å². The molecule has 1 aliphatic heterocycles. The van der Waals surface area contributed by atoms with Crippen LogP contribution in [-0.2, 0) is 12.0 Å². The number of carbonyl (C=O) groups is 1. The molecule has 0 radical (unpaired) electrons. The van der Waals surface area contributed by atoms with E-state index in [4.69, 9.17) is 4.42 Å². The molecule has 3 fully saturated rings. The molecule has 2 aromatic heterocycles. The first-order chi connectivity index (χ1) is 12.2. The summed E-state index contributed by atoms with van der Waals surface area (Å²) in [6, 6.07) is 0. The number of likely N-dealkylation sites (tertiary alicyclic amines) is 1. The highest BCUT2D eigenvalue weighted by Crippen LogP contribution is 2.51. The van der Waals surface area contributed by atoms with E-state index in [9.17, 15) is 4.79 Å². The maximum atomic E-state index is 13.0. The Morgan fingerprint density at radius 3 is 3.04 bits per heavy atom. The molecule has 3 heterocycles. The minimum absolute atomic E-state index is 0.0163. The van der Waals surface area contributed by atoms with Gasteiger partial charge < -0.3 is 13.9 Å². The molecule has 3 aliphatic rings. The van der Waals surface area contributed by atoms with Crippen molar-refractivity contribution in [1.82, 2.24) is 24.6 Å². The Kier molecular flexibility index (Phi) is 3.27. The van der Waals surface area contributed by atoms with E-state index in [2.05, 4.69) is 15.2 Å². The van der Waals surface area contributed by atoms with Crippen molar-refractivity contribution < 1.29 is 9.21 Å². The number of imidazole rings is 1. The van der Waals surface area contributed by atoms with Crippen LogP contribution in [-0.4, -0.2) is 43.6 Å². The molecule has 7 nitrogen and oxygen atoms in total. The number of aromatic nitrogens is 4. The smallest absolute Gasteiger partial charge is 0.289 e. The van der Waals surface area contributed by atoms with Crippen molar-refractivity contribution in [3.05, 3.63) is 30.0 Å². The minimum Gasteiger partial charge on any atom is -0.424 e. The second-order valence-corrected chi connectivity index (χ2v) is 7.69. The number of hydrogen-bond donors (Lipinski definition) is 0. The first-order valence-corrected chi connectivity index (χ1v) is 9.35. The van der Waals surface area contributed by atoms with Gasteiger partial charge >= 0.3 is 0 Å². The highest BCUT2D eigenvalue weighted by atomic mass is 16.4. The summed E-state index contributed by atoms with van der Waals surface area (Å²) in [5.74, 6) is 2.97. The number of nitrogens with zero attached hydrogens (tertiary/aromatic N) is 5. The molecule has 2 aliphatic carbocycles. The molecule has 2 atom stereocenters. The first-order valence-electron chi connectivity index (χ1n) is 9.35. The quantitative estimate of drug-likeness (QED) is 0.853. The van der Waals surface area contributed by atoms with Crippen LogP contribution in [0.3, 0.4) is 0 Å². The molecule has 0 spiro atoms. The molecular weight excluding hydrogens is 318 g/mol. The fourth-order valence-corrected chi connectivity index (χ4v) is 4.63. The Hall–Kier alpha value is -2.18. The molecule has 132 valence electrons. The van der Waals surface area contributed by atoms with Gasteiger partial charge in [0.1, 0.15) is 0 Å². The van der Waals surface area contributed by atoms with Crippen molar-refractivity contribution in [1.29, 1.82) is 0 Å². The molecule has 0 bridgehead atoms. The van der Waals surface area contributed by atoms with Crippen molar-refractivity contribution in [2.75, 3.05) is 13.1 Å². The van der Waals surface area contributed by atoms with Crippen LogP contribution in [0.1, 0.15) is 67.3 Å². The van der Waals surface area contributed by atoms with E-state index >= 15 is 0 Å². The van der Waals surface area contributed by atoms with E-state index in [1.807, 2.05) is 22.6 Å². The Bertz CT molecular complexity index is 808. The van der Waals surface area contributed by atoms with Crippen molar-refractivity contribution in [2.45, 2.75) is 56.9 Å². The van der Waals surface area contributed by atoms with Crippen molar-refractivity contribution in [3.8, 4) is 0 Å². The van der Waals surface area contributed by atoms with Crippen LogP contribution < -0.4 is 0 Å². The Labute approximate surface area is 146 Å². The van der Waals surface area contributed by atoms with Crippen molar-refractivity contribution in [3.63, 3.8) is 0 Å². The second kappa shape index (κ2) is 5.41. The van der Waals surface area contributed by atoms with Crippen molar-refractivity contribution >= 4 is 5.91 Å². The second-order valence-electron chi connectivity index (χ2n) is 7.69. The van der Waals surface area contributed by atoms with Gasteiger partial charge in [-0.1, -0.05) is 6.42 Å². The van der Waals surface area contributed by atoms with Gasteiger partial charge in [0.15, 0.2) is 5.82 Å². The predicted molar refractivity (Wildman–Crippen MR) is 89.1 cm³/mol. The normalized spacial score (nSPS) is 28.5. The van der Waals surface area contributed by atoms with Crippen LogP contribution in [0.15, 0.2) is 16.8 Å². The number of rotatable bonds is 4. The summed E-state index contributed by atoms with van der Waals surface area (Å²) >= 11 is 0. The third kappa shape index (κ3) is 2.24. The van der Waals surface area contributed by atoms with Gasteiger partial charge in [-0.05, 0) is 38.5 Å². The Balaban J connectivity index is 1.43. The molecule has 2 aromatic rings. The van der Waals surface area contributed by atoms with Crippen LogP contribution in [0.4, 0.5) is 0 Å². The van der Waals surface area contributed by atoms with Crippen molar-refractivity contribution in [2.24, 2.45) is 5.92 Å². The fourth-order valence-electron chi connectivity index (χ4n) is 4.63. The molecule has 0 unspecified atom stereocenters. The molecule has 25 heavy (non-hydrogen) atoms. The summed E-state index contributed by atoms with van der Waals surface area (Å²) in [6.45, 7) is 4.20. The molecule has 2 saturated carbocycles. The summed E-state index contributed by atoms with van der Waals surface area (Å²) in [6.07, 6.45) is 9.17. The van der Waals surface area contributed by atoms with E-state index in [0.717, 1.165) is 57.0 Å². The third-order valence-electron chi connectivity index (χ3n) is 6.20. The predicted octanol–water partition coefficient (Wildman–Crippen LogP) is 2.36. The summed E-state index contributed by atoms with van der Waals surface area (Å²) in [5, 5.41) is 8.70. The third-order valence-corrected chi connectivity index (χ3v) is 6.20. The summed E-state index contributed by atoms with van der Waals surface area (Å²) in [5.41, 5.74) is -0.153. The number of aryl methyl sites for hydroxylation is 1. The zero-order chi connectivity index (χ0) is 17.0. The van der Waals surface area contributed by atoms with Crippen LogP contribution in [0.25, 0.3) is 0 Å². The van der Waals surface area contributed by atoms with Gasteiger partial charge in [0.25, 0.3) is 5.91 Å². The first kappa shape index (κ1) is 15.1. The molecule has 1 amide bonds. The van der Waals surface area contributed by atoms with Gasteiger partial charge in [0, 0.05) is 37.9 Å². The average molecular weight is 341 g/mol. The van der Waals surface area contributed by atoms with E-state index in [1.165, 1.54) is 0 Å². The zero-order valence-corrected chi connectivity index (χ0v) is 14.5. The molecule has 5 rings (SSSR count).